The lowest BCUT2D eigenvalue weighted by Gasteiger charge is -2.28. The molecule has 2 amide bonds. The predicted molar refractivity (Wildman–Crippen MR) is 153 cm³/mol. The lowest BCUT2D eigenvalue weighted by molar-refractivity contribution is -0.161. The fraction of sp³-hybridized carbons (Fsp3) is 0.531. The number of fused-ring (bicyclic) bond motifs is 1. The molecule has 0 bridgehead atoms. The van der Waals surface area contributed by atoms with Crippen molar-refractivity contribution in [2.45, 2.75) is 78.2 Å². The monoisotopic (exact) mass is 566 g/mol. The van der Waals surface area contributed by atoms with Crippen LogP contribution in [0.15, 0.2) is 48.5 Å². The van der Waals surface area contributed by atoms with Crippen molar-refractivity contribution in [3.05, 3.63) is 65.2 Å². The zero-order valence-electron chi connectivity index (χ0n) is 24.9. The standard InChI is InChI=1S/C32H42N2O7/c1-31(2,3)40-28(35)24(23-14-15-34(18-23)30(37)41-32(4,5)6)16-22-12-13-27-25(17-22)26(20-38-27)33-29(36)39-19-21-10-8-7-9-11-21/h7-13,17,23-24,26H,14-16,18-20H2,1-6H3,(H,33,36)/t23-,24-,26-/m0/s1. The zero-order chi connectivity index (χ0) is 29.8. The molecule has 2 heterocycles. The van der Waals surface area contributed by atoms with Crippen molar-refractivity contribution < 1.29 is 33.3 Å². The summed E-state index contributed by atoms with van der Waals surface area (Å²) in [5, 5.41) is 2.90. The van der Waals surface area contributed by atoms with Crippen molar-refractivity contribution in [2.24, 2.45) is 11.8 Å². The van der Waals surface area contributed by atoms with Crippen molar-refractivity contribution in [3.8, 4) is 5.75 Å². The van der Waals surface area contributed by atoms with E-state index in [-0.39, 0.29) is 30.6 Å². The number of esters is 1. The summed E-state index contributed by atoms with van der Waals surface area (Å²) in [5.74, 6) is -0.134. The Morgan fingerprint density at radius 3 is 2.37 bits per heavy atom. The summed E-state index contributed by atoms with van der Waals surface area (Å²) in [6.45, 7) is 12.5. The molecule has 0 unspecified atom stereocenters. The Morgan fingerprint density at radius 2 is 1.68 bits per heavy atom. The molecule has 3 atom stereocenters. The van der Waals surface area contributed by atoms with Gasteiger partial charge in [-0.25, -0.2) is 9.59 Å². The van der Waals surface area contributed by atoms with Crippen LogP contribution in [-0.2, 0) is 32.0 Å². The quantitative estimate of drug-likeness (QED) is 0.334. The summed E-state index contributed by atoms with van der Waals surface area (Å²) >= 11 is 0. The molecule has 0 spiro atoms. The van der Waals surface area contributed by atoms with Gasteiger partial charge < -0.3 is 29.2 Å². The van der Waals surface area contributed by atoms with Gasteiger partial charge in [-0.3, -0.25) is 4.79 Å². The maximum atomic E-state index is 13.4. The average Bonchev–Trinajstić information content (AvgIpc) is 3.52. The lowest BCUT2D eigenvalue weighted by Crippen LogP contribution is -2.38. The molecule has 4 rings (SSSR count). The van der Waals surface area contributed by atoms with Gasteiger partial charge in [-0.2, -0.15) is 0 Å². The summed E-state index contributed by atoms with van der Waals surface area (Å²) in [5.41, 5.74) is 1.43. The number of carbonyl (C=O) groups is 3. The Morgan fingerprint density at radius 1 is 0.976 bits per heavy atom. The molecule has 1 fully saturated rings. The van der Waals surface area contributed by atoms with Crippen LogP contribution in [0.3, 0.4) is 0 Å². The molecule has 0 aromatic heterocycles. The Balaban J connectivity index is 1.45. The van der Waals surface area contributed by atoms with E-state index in [1.807, 2.05) is 90.1 Å². The fourth-order valence-electron chi connectivity index (χ4n) is 5.10. The number of alkyl carbamates (subject to hydrolysis) is 1. The number of nitrogens with one attached hydrogen (secondary N) is 1. The van der Waals surface area contributed by atoms with Crippen molar-refractivity contribution >= 4 is 18.2 Å². The third kappa shape index (κ3) is 8.62. The second-order valence-electron chi connectivity index (χ2n) is 12.8. The number of nitrogens with zero attached hydrogens (tertiary/aromatic N) is 1. The molecular weight excluding hydrogens is 524 g/mol. The van der Waals surface area contributed by atoms with Crippen molar-refractivity contribution in [1.29, 1.82) is 0 Å². The average molecular weight is 567 g/mol. The summed E-state index contributed by atoms with van der Waals surface area (Å²) in [6.07, 6.45) is 0.209. The van der Waals surface area contributed by atoms with E-state index in [1.54, 1.807) is 4.90 Å². The molecule has 9 nitrogen and oxygen atoms in total. The van der Waals surface area contributed by atoms with E-state index in [2.05, 4.69) is 5.32 Å². The Labute approximate surface area is 242 Å². The first-order chi connectivity index (χ1) is 19.3. The molecule has 1 saturated heterocycles. The topological polar surface area (TPSA) is 103 Å². The minimum atomic E-state index is -0.639. The summed E-state index contributed by atoms with van der Waals surface area (Å²) in [6, 6.07) is 14.9. The van der Waals surface area contributed by atoms with Crippen LogP contribution in [0.5, 0.6) is 5.75 Å². The van der Waals surface area contributed by atoms with E-state index in [0.717, 1.165) is 16.7 Å². The van der Waals surface area contributed by atoms with Crippen molar-refractivity contribution in [1.82, 2.24) is 10.2 Å². The number of hydrogen-bond donors (Lipinski definition) is 1. The number of ether oxygens (including phenoxy) is 4. The van der Waals surface area contributed by atoms with Gasteiger partial charge in [-0.15, -0.1) is 0 Å². The lowest BCUT2D eigenvalue weighted by atomic mass is 9.85. The van der Waals surface area contributed by atoms with Gasteiger partial charge in [-0.1, -0.05) is 36.4 Å². The van der Waals surface area contributed by atoms with Gasteiger partial charge in [0.2, 0.25) is 0 Å². The van der Waals surface area contributed by atoms with Gasteiger partial charge in [0, 0.05) is 18.7 Å². The molecule has 0 radical (unpaired) electrons. The van der Waals surface area contributed by atoms with Gasteiger partial charge in [-0.05, 0) is 83.6 Å². The summed E-state index contributed by atoms with van der Waals surface area (Å²) < 4.78 is 22.6. The molecule has 0 saturated carbocycles. The number of rotatable bonds is 7. The normalized spacial score (nSPS) is 19.1. The van der Waals surface area contributed by atoms with Gasteiger partial charge in [0.25, 0.3) is 0 Å². The van der Waals surface area contributed by atoms with Gasteiger partial charge >= 0.3 is 18.2 Å². The molecule has 1 N–H and O–H groups in total. The van der Waals surface area contributed by atoms with Gasteiger partial charge in [0.1, 0.15) is 30.2 Å². The number of carbonyl (C=O) groups excluding carboxylic acids is 3. The van der Waals surface area contributed by atoms with Crippen LogP contribution in [0.25, 0.3) is 0 Å². The van der Waals surface area contributed by atoms with Crippen LogP contribution in [0.2, 0.25) is 0 Å². The molecule has 41 heavy (non-hydrogen) atoms. The smallest absolute Gasteiger partial charge is 0.410 e. The Kier molecular flexibility index (Phi) is 9.14. The highest BCUT2D eigenvalue weighted by molar-refractivity contribution is 5.74. The van der Waals surface area contributed by atoms with Crippen LogP contribution >= 0.6 is 0 Å². The number of amides is 2. The third-order valence-electron chi connectivity index (χ3n) is 6.97. The molecule has 2 aromatic rings. The molecule has 222 valence electrons. The van der Waals surface area contributed by atoms with E-state index >= 15 is 0 Å². The maximum absolute atomic E-state index is 13.4. The Hall–Kier alpha value is -3.75. The number of likely N-dealkylation sites (tertiary alicyclic amines) is 1. The minimum Gasteiger partial charge on any atom is -0.491 e. The number of benzene rings is 2. The van der Waals surface area contributed by atoms with Crippen LogP contribution in [0.4, 0.5) is 9.59 Å². The molecular formula is C32H42N2O7. The third-order valence-corrected chi connectivity index (χ3v) is 6.97. The maximum Gasteiger partial charge on any atom is 0.410 e. The van der Waals surface area contributed by atoms with Crippen LogP contribution in [0.1, 0.15) is 70.7 Å². The molecule has 2 aliphatic rings. The Bertz CT molecular complexity index is 1230. The zero-order valence-corrected chi connectivity index (χ0v) is 24.9. The van der Waals surface area contributed by atoms with Crippen molar-refractivity contribution in [3.63, 3.8) is 0 Å². The first kappa shape index (κ1) is 30.2. The van der Waals surface area contributed by atoms with Crippen LogP contribution in [-0.4, -0.2) is 54.0 Å². The molecule has 2 aliphatic heterocycles. The second kappa shape index (κ2) is 12.4. The molecule has 2 aromatic carbocycles. The largest absolute Gasteiger partial charge is 0.491 e. The van der Waals surface area contributed by atoms with Gasteiger partial charge in [0.05, 0.1) is 12.0 Å². The summed E-state index contributed by atoms with van der Waals surface area (Å²) in [7, 11) is 0. The number of hydrogen-bond acceptors (Lipinski definition) is 7. The SMILES string of the molecule is CC(C)(C)OC(=O)[C@@H](Cc1ccc2c(c1)[C@@H](NC(=O)OCc1ccccc1)CO2)[C@H]1CCN(C(=O)OC(C)(C)C)C1. The van der Waals surface area contributed by atoms with Crippen LogP contribution in [0, 0.1) is 11.8 Å². The fourth-order valence-corrected chi connectivity index (χ4v) is 5.10. The highest BCUT2D eigenvalue weighted by Crippen LogP contribution is 2.36. The van der Waals surface area contributed by atoms with E-state index in [9.17, 15) is 14.4 Å². The van der Waals surface area contributed by atoms with Crippen molar-refractivity contribution in [2.75, 3.05) is 19.7 Å². The first-order valence-corrected chi connectivity index (χ1v) is 14.2. The van der Waals surface area contributed by atoms with Crippen LogP contribution < -0.4 is 10.1 Å². The van der Waals surface area contributed by atoms with E-state index < -0.39 is 23.2 Å². The minimum absolute atomic E-state index is 0.0799. The highest BCUT2D eigenvalue weighted by Gasteiger charge is 2.39. The molecule has 0 aliphatic carbocycles. The highest BCUT2D eigenvalue weighted by atomic mass is 16.6. The van der Waals surface area contributed by atoms with E-state index in [0.29, 0.717) is 38.3 Å². The predicted octanol–water partition coefficient (Wildman–Crippen LogP) is 5.80. The first-order valence-electron chi connectivity index (χ1n) is 14.2. The second-order valence-corrected chi connectivity index (χ2v) is 12.8. The van der Waals surface area contributed by atoms with E-state index in [4.69, 9.17) is 18.9 Å². The molecule has 9 heteroatoms. The van der Waals surface area contributed by atoms with Gasteiger partial charge in [0.15, 0.2) is 0 Å². The summed E-state index contributed by atoms with van der Waals surface area (Å²) in [4.78, 5) is 40.3. The van der Waals surface area contributed by atoms with E-state index in [1.165, 1.54) is 0 Å².